The van der Waals surface area contributed by atoms with Crippen LogP contribution in [0, 0.1) is 0 Å². The molecule has 2 aromatic rings. The maximum atomic E-state index is 5.87. The first kappa shape index (κ1) is 18.3. The first-order valence-corrected chi connectivity index (χ1v) is 9.00. The average molecular weight is 375 g/mol. The van der Waals surface area contributed by atoms with E-state index in [0.717, 1.165) is 43.8 Å². The molecule has 26 heavy (non-hydrogen) atoms. The van der Waals surface area contributed by atoms with Crippen LogP contribution in [0.1, 0.15) is 0 Å². The Bertz CT molecular complexity index is 701. The number of hydrogen-bond donors (Lipinski definition) is 1. The van der Waals surface area contributed by atoms with Gasteiger partial charge in [-0.05, 0) is 30.3 Å². The fraction of sp³-hybridized carbons (Fsp3) is 0.389. The molecule has 0 bridgehead atoms. The van der Waals surface area contributed by atoms with Crippen molar-refractivity contribution >= 4 is 23.5 Å². The van der Waals surface area contributed by atoms with Crippen LogP contribution in [0.25, 0.3) is 0 Å². The van der Waals surface area contributed by atoms with Gasteiger partial charge in [0.05, 0.1) is 6.54 Å². The highest BCUT2D eigenvalue weighted by atomic mass is 35.5. The minimum absolute atomic E-state index is 0.554. The molecule has 3 rings (SSSR count). The predicted octanol–water partition coefficient (Wildman–Crippen LogP) is 1.91. The Hall–Kier alpha value is -2.54. The van der Waals surface area contributed by atoms with E-state index in [2.05, 4.69) is 30.1 Å². The molecule has 0 amide bonds. The molecule has 0 atom stereocenters. The van der Waals surface area contributed by atoms with Gasteiger partial charge in [0.25, 0.3) is 0 Å². The number of rotatable bonds is 5. The van der Waals surface area contributed by atoms with Gasteiger partial charge < -0.3 is 19.9 Å². The monoisotopic (exact) mass is 374 g/mol. The second-order valence-electron chi connectivity index (χ2n) is 5.80. The summed E-state index contributed by atoms with van der Waals surface area (Å²) in [6.07, 6.45) is 3.55. The molecule has 0 spiro atoms. The van der Waals surface area contributed by atoms with Crippen LogP contribution in [-0.2, 0) is 0 Å². The average Bonchev–Trinajstić information content (AvgIpc) is 2.70. The van der Waals surface area contributed by atoms with Crippen molar-refractivity contribution < 1.29 is 4.74 Å². The molecule has 1 aliphatic rings. The highest BCUT2D eigenvalue weighted by Crippen LogP contribution is 2.15. The molecule has 138 valence electrons. The number of nitrogens with one attached hydrogen (secondary N) is 1. The summed E-state index contributed by atoms with van der Waals surface area (Å²) in [6, 6.07) is 9.19. The lowest BCUT2D eigenvalue weighted by Gasteiger charge is -2.36. The van der Waals surface area contributed by atoms with Crippen LogP contribution >= 0.6 is 11.6 Å². The molecule has 1 aliphatic heterocycles. The van der Waals surface area contributed by atoms with E-state index in [1.165, 1.54) is 0 Å². The number of ether oxygens (including phenoxy) is 1. The maximum Gasteiger partial charge on any atom is 0.225 e. The van der Waals surface area contributed by atoms with Gasteiger partial charge in [0.2, 0.25) is 5.95 Å². The number of hydrogen-bond acceptors (Lipinski definition) is 5. The highest BCUT2D eigenvalue weighted by molar-refractivity contribution is 6.30. The molecule has 8 heteroatoms. The molecule has 0 radical (unpaired) electrons. The summed E-state index contributed by atoms with van der Waals surface area (Å²) < 4.78 is 5.70. The number of aromatic nitrogens is 2. The molecule has 1 aromatic carbocycles. The van der Waals surface area contributed by atoms with Gasteiger partial charge in [-0.25, -0.2) is 9.97 Å². The summed E-state index contributed by atoms with van der Waals surface area (Å²) in [5, 5.41) is 4.06. The second kappa shape index (κ2) is 9.24. The number of nitrogens with zero attached hydrogens (tertiary/aromatic N) is 5. The van der Waals surface area contributed by atoms with Crippen molar-refractivity contribution in [3.05, 3.63) is 47.7 Å². The quantitative estimate of drug-likeness (QED) is 0.490. The van der Waals surface area contributed by atoms with Crippen LogP contribution in [0.15, 0.2) is 47.7 Å². The van der Waals surface area contributed by atoms with E-state index in [4.69, 9.17) is 16.3 Å². The summed E-state index contributed by atoms with van der Waals surface area (Å²) in [4.78, 5) is 17.4. The smallest absolute Gasteiger partial charge is 0.225 e. The molecule has 0 unspecified atom stereocenters. The van der Waals surface area contributed by atoms with Crippen molar-refractivity contribution in [3.63, 3.8) is 0 Å². The second-order valence-corrected chi connectivity index (χ2v) is 6.24. The minimum atomic E-state index is 0.554. The van der Waals surface area contributed by atoms with Crippen molar-refractivity contribution in [3.8, 4) is 5.75 Å². The van der Waals surface area contributed by atoms with E-state index >= 15 is 0 Å². The van der Waals surface area contributed by atoms with Crippen molar-refractivity contribution in [2.45, 2.75) is 0 Å². The van der Waals surface area contributed by atoms with Crippen molar-refractivity contribution in [1.29, 1.82) is 0 Å². The Morgan fingerprint density at radius 3 is 2.50 bits per heavy atom. The number of aliphatic imine (C=N–C) groups is 1. The Morgan fingerprint density at radius 2 is 1.85 bits per heavy atom. The molecule has 1 fully saturated rings. The van der Waals surface area contributed by atoms with Crippen LogP contribution < -0.4 is 15.0 Å². The summed E-state index contributed by atoms with van der Waals surface area (Å²) in [7, 11) is 1.80. The van der Waals surface area contributed by atoms with Gasteiger partial charge in [0.1, 0.15) is 12.4 Å². The highest BCUT2D eigenvalue weighted by Gasteiger charge is 2.20. The van der Waals surface area contributed by atoms with Gasteiger partial charge in [-0.1, -0.05) is 11.6 Å². The fourth-order valence-corrected chi connectivity index (χ4v) is 2.89. The molecule has 1 aromatic heterocycles. The summed E-state index contributed by atoms with van der Waals surface area (Å²) >= 11 is 5.87. The van der Waals surface area contributed by atoms with Crippen LogP contribution in [0.5, 0.6) is 5.75 Å². The SMILES string of the molecule is CN=C(NCCOc1ccc(Cl)cc1)N1CCN(c2ncccn2)CC1. The Labute approximate surface area is 158 Å². The largest absolute Gasteiger partial charge is 0.492 e. The maximum absolute atomic E-state index is 5.87. The number of benzene rings is 1. The molecular weight excluding hydrogens is 352 g/mol. The zero-order valence-electron chi connectivity index (χ0n) is 14.8. The lowest BCUT2D eigenvalue weighted by molar-refractivity contribution is 0.315. The Balaban J connectivity index is 1.41. The van der Waals surface area contributed by atoms with Gasteiger partial charge in [0, 0.05) is 50.6 Å². The molecule has 2 heterocycles. The van der Waals surface area contributed by atoms with Crippen LogP contribution in [-0.4, -0.2) is 67.2 Å². The zero-order chi connectivity index (χ0) is 18.2. The lowest BCUT2D eigenvalue weighted by Crippen LogP contribution is -2.53. The first-order valence-electron chi connectivity index (χ1n) is 8.62. The third kappa shape index (κ3) is 4.98. The standard InChI is InChI=1S/C18H23ClN6O/c1-20-17(23-9-14-26-16-5-3-15(19)4-6-16)24-10-12-25(13-11-24)18-21-7-2-8-22-18/h2-8H,9-14H2,1H3,(H,20,23). The number of guanidine groups is 1. The van der Waals surface area contributed by atoms with E-state index in [-0.39, 0.29) is 0 Å². The van der Waals surface area contributed by atoms with E-state index in [1.54, 1.807) is 19.4 Å². The zero-order valence-corrected chi connectivity index (χ0v) is 15.6. The number of anilines is 1. The van der Waals surface area contributed by atoms with Crippen molar-refractivity contribution in [2.75, 3.05) is 51.3 Å². The van der Waals surface area contributed by atoms with Gasteiger partial charge >= 0.3 is 0 Å². The molecular formula is C18H23ClN6O. The van der Waals surface area contributed by atoms with E-state index in [9.17, 15) is 0 Å². The van der Waals surface area contributed by atoms with E-state index in [1.807, 2.05) is 30.3 Å². The van der Waals surface area contributed by atoms with Gasteiger partial charge in [-0.15, -0.1) is 0 Å². The van der Waals surface area contributed by atoms with Crippen molar-refractivity contribution in [1.82, 2.24) is 20.2 Å². The van der Waals surface area contributed by atoms with Crippen LogP contribution in [0.3, 0.4) is 0 Å². The number of halogens is 1. The first-order chi connectivity index (χ1) is 12.8. The Morgan fingerprint density at radius 1 is 1.15 bits per heavy atom. The van der Waals surface area contributed by atoms with Crippen LogP contribution in [0.2, 0.25) is 5.02 Å². The summed E-state index contributed by atoms with van der Waals surface area (Å²) in [5.41, 5.74) is 0. The molecule has 1 N–H and O–H groups in total. The van der Waals surface area contributed by atoms with Crippen molar-refractivity contribution in [2.24, 2.45) is 4.99 Å². The fourth-order valence-electron chi connectivity index (χ4n) is 2.77. The van der Waals surface area contributed by atoms with E-state index < -0.39 is 0 Å². The lowest BCUT2D eigenvalue weighted by atomic mass is 10.3. The molecule has 7 nitrogen and oxygen atoms in total. The number of piperazine rings is 1. The molecule has 1 saturated heterocycles. The molecule has 0 aliphatic carbocycles. The normalized spacial score (nSPS) is 15.1. The third-order valence-electron chi connectivity index (χ3n) is 4.09. The van der Waals surface area contributed by atoms with Crippen LogP contribution in [0.4, 0.5) is 5.95 Å². The Kier molecular flexibility index (Phi) is 6.49. The topological polar surface area (TPSA) is 65.9 Å². The molecule has 0 saturated carbocycles. The predicted molar refractivity (Wildman–Crippen MR) is 104 cm³/mol. The summed E-state index contributed by atoms with van der Waals surface area (Å²) in [6.45, 7) is 4.71. The minimum Gasteiger partial charge on any atom is -0.492 e. The van der Waals surface area contributed by atoms with Gasteiger partial charge in [-0.3, -0.25) is 4.99 Å². The van der Waals surface area contributed by atoms with E-state index in [0.29, 0.717) is 18.2 Å². The summed E-state index contributed by atoms with van der Waals surface area (Å²) in [5.74, 6) is 2.48. The third-order valence-corrected chi connectivity index (χ3v) is 4.35. The van der Waals surface area contributed by atoms with Gasteiger partial charge in [0.15, 0.2) is 5.96 Å². The van der Waals surface area contributed by atoms with Gasteiger partial charge in [-0.2, -0.15) is 0 Å².